The van der Waals surface area contributed by atoms with Gasteiger partial charge in [-0.2, -0.15) is 0 Å². The second-order valence-electron chi connectivity index (χ2n) is 8.09. The molecule has 168 valence electrons. The second-order valence-corrected chi connectivity index (χ2v) is 12.9. The molecule has 9 heteroatoms. The van der Waals surface area contributed by atoms with Crippen molar-refractivity contribution in [2.45, 2.75) is 13.8 Å². The van der Waals surface area contributed by atoms with Gasteiger partial charge >= 0.3 is 0 Å². The fraction of sp³-hybridized carbons (Fsp3) is 0.667. The number of amidine groups is 1. The fourth-order valence-corrected chi connectivity index (χ4v) is 7.84. The molecule has 0 radical (unpaired) electrons. The summed E-state index contributed by atoms with van der Waals surface area (Å²) in [5.41, 5.74) is 2.00. The van der Waals surface area contributed by atoms with Crippen molar-refractivity contribution in [1.82, 2.24) is 24.0 Å². The second kappa shape index (κ2) is 10.9. The van der Waals surface area contributed by atoms with E-state index in [1.54, 1.807) is 0 Å². The van der Waals surface area contributed by atoms with E-state index >= 15 is 0 Å². The summed E-state index contributed by atoms with van der Waals surface area (Å²) in [5.74, 6) is 0. The average molecular weight is 471 g/mol. The summed E-state index contributed by atoms with van der Waals surface area (Å²) in [4.78, 5) is 12.6. The van der Waals surface area contributed by atoms with Crippen molar-refractivity contribution in [2.24, 2.45) is 4.99 Å². The number of piperazine rings is 2. The molecule has 1 unspecified atom stereocenters. The smallest absolute Gasteiger partial charge is 0.167 e. The molecule has 0 amide bonds. The summed E-state index contributed by atoms with van der Waals surface area (Å²) in [5, 5.41) is 0.731. The minimum absolute atomic E-state index is 0.731. The Morgan fingerprint density at radius 2 is 1.43 bits per heavy atom. The molecule has 0 aromatic heterocycles. The third kappa shape index (κ3) is 5.44. The molecule has 2 aliphatic heterocycles. The summed E-state index contributed by atoms with van der Waals surface area (Å²) in [6, 6.07) is 7.81. The molecular weight excluding hydrogens is 435 g/mol. The van der Waals surface area contributed by atoms with E-state index in [2.05, 4.69) is 52.0 Å². The van der Waals surface area contributed by atoms with Crippen LogP contribution >= 0.6 is 17.9 Å². The number of rotatable bonds is 6. The molecule has 1 aromatic rings. The lowest BCUT2D eigenvalue weighted by Crippen LogP contribution is -2.52. The maximum atomic E-state index is 6.54. The number of hydrogen-bond acceptors (Lipinski definition) is 4. The Morgan fingerprint density at radius 1 is 0.933 bits per heavy atom. The van der Waals surface area contributed by atoms with Crippen LogP contribution in [-0.4, -0.2) is 109 Å². The van der Waals surface area contributed by atoms with Crippen LogP contribution in [0, 0.1) is 0 Å². The Morgan fingerprint density at radius 3 is 1.90 bits per heavy atom. The molecule has 0 N–H and O–H groups in total. The van der Waals surface area contributed by atoms with Crippen LogP contribution in [0.15, 0.2) is 29.3 Å². The summed E-state index contributed by atoms with van der Waals surface area (Å²) < 4.78 is 4.81. The lowest BCUT2D eigenvalue weighted by atomic mass is 10.3. The van der Waals surface area contributed by atoms with Gasteiger partial charge in [-0.15, -0.1) is 0 Å². The van der Waals surface area contributed by atoms with Crippen molar-refractivity contribution >= 4 is 41.0 Å². The zero-order valence-corrected chi connectivity index (χ0v) is 21.3. The first kappa shape index (κ1) is 24.1. The highest BCUT2D eigenvalue weighted by molar-refractivity contribution is 8.20. The first-order valence-electron chi connectivity index (χ1n) is 11.0. The molecule has 0 saturated carbocycles. The van der Waals surface area contributed by atoms with E-state index in [9.17, 15) is 0 Å². The molecular formula is C21H36ClN6PS. The average Bonchev–Trinajstić information content (AvgIpc) is 2.78. The summed E-state index contributed by atoms with van der Waals surface area (Å²) >= 11 is 12.7. The number of halogens is 1. The van der Waals surface area contributed by atoms with Gasteiger partial charge in [-0.05, 0) is 51.5 Å². The predicted octanol–water partition coefficient (Wildman–Crippen LogP) is 3.47. The predicted molar refractivity (Wildman–Crippen MR) is 134 cm³/mol. The van der Waals surface area contributed by atoms with E-state index in [1.165, 1.54) is 0 Å². The van der Waals surface area contributed by atoms with Gasteiger partial charge in [0.15, 0.2) is 5.58 Å². The number of hydrogen-bond donors (Lipinski definition) is 0. The van der Waals surface area contributed by atoms with Crippen molar-refractivity contribution < 1.29 is 0 Å². The van der Waals surface area contributed by atoms with Gasteiger partial charge in [0.1, 0.15) is 6.34 Å². The standard InChI is InChI=1S/C21H36ClN6PS/c1-5-25-11-15-27(16-12-25)21(23-20-9-7-19(22)8-10-20)29(30,24(3)4)28-17-13-26(6-2)14-18-28/h7-10H,5-6,11-18H2,1-4H3. The Hall–Kier alpha value is -0.530. The van der Waals surface area contributed by atoms with E-state index in [4.69, 9.17) is 28.4 Å². The first-order chi connectivity index (χ1) is 14.4. The van der Waals surface area contributed by atoms with Gasteiger partial charge < -0.3 is 14.7 Å². The van der Waals surface area contributed by atoms with E-state index in [-0.39, 0.29) is 0 Å². The van der Waals surface area contributed by atoms with Crippen LogP contribution in [0.25, 0.3) is 0 Å². The molecule has 30 heavy (non-hydrogen) atoms. The molecule has 2 saturated heterocycles. The molecule has 3 rings (SSSR count). The van der Waals surface area contributed by atoms with Gasteiger partial charge in [-0.25, -0.2) is 4.99 Å². The highest BCUT2D eigenvalue weighted by atomic mass is 35.5. The Balaban J connectivity index is 1.97. The van der Waals surface area contributed by atoms with Crippen LogP contribution in [0.3, 0.4) is 0 Å². The van der Waals surface area contributed by atoms with Crippen LogP contribution in [0.2, 0.25) is 5.02 Å². The molecule has 2 heterocycles. The lowest BCUT2D eigenvalue weighted by molar-refractivity contribution is 0.187. The zero-order valence-electron chi connectivity index (χ0n) is 18.8. The van der Waals surface area contributed by atoms with E-state index in [0.29, 0.717) is 0 Å². The molecule has 1 atom stereocenters. The summed E-state index contributed by atoms with van der Waals surface area (Å²) in [6.45, 7) is 14.9. The van der Waals surface area contributed by atoms with Crippen molar-refractivity contribution in [1.29, 1.82) is 0 Å². The normalized spacial score (nSPS) is 22.5. The highest BCUT2D eigenvalue weighted by Gasteiger charge is 2.39. The van der Waals surface area contributed by atoms with Gasteiger partial charge in [0.25, 0.3) is 0 Å². The largest absolute Gasteiger partial charge is 0.351 e. The molecule has 6 nitrogen and oxygen atoms in total. The number of nitrogens with zero attached hydrogens (tertiary/aromatic N) is 6. The highest BCUT2D eigenvalue weighted by Crippen LogP contribution is 2.55. The minimum Gasteiger partial charge on any atom is -0.351 e. The van der Waals surface area contributed by atoms with Crippen molar-refractivity contribution in [3.8, 4) is 0 Å². The van der Waals surface area contributed by atoms with Crippen LogP contribution in [0.5, 0.6) is 0 Å². The number of aliphatic imine (C=N–C) groups is 1. The number of benzene rings is 1. The van der Waals surface area contributed by atoms with Crippen LogP contribution in [0.4, 0.5) is 5.69 Å². The molecule has 0 spiro atoms. The third-order valence-corrected chi connectivity index (χ3v) is 11.7. The van der Waals surface area contributed by atoms with E-state index in [0.717, 1.165) is 81.7 Å². The summed E-state index contributed by atoms with van der Waals surface area (Å²) in [7, 11) is 4.26. The van der Waals surface area contributed by atoms with Gasteiger partial charge in [0, 0.05) is 57.4 Å². The van der Waals surface area contributed by atoms with Gasteiger partial charge in [-0.1, -0.05) is 37.3 Å². The quantitative estimate of drug-likeness (QED) is 0.359. The van der Waals surface area contributed by atoms with E-state index in [1.807, 2.05) is 24.3 Å². The maximum absolute atomic E-state index is 6.54. The Kier molecular flexibility index (Phi) is 8.73. The van der Waals surface area contributed by atoms with Gasteiger partial charge in [0.05, 0.1) is 5.69 Å². The minimum atomic E-state index is -2.19. The Labute approximate surface area is 192 Å². The maximum Gasteiger partial charge on any atom is 0.167 e. The Bertz CT molecular complexity index is 755. The molecule has 2 aliphatic rings. The van der Waals surface area contributed by atoms with Gasteiger partial charge in [-0.3, -0.25) is 9.34 Å². The molecule has 1 aromatic carbocycles. The topological polar surface area (TPSA) is 28.6 Å². The number of likely N-dealkylation sites (N-methyl/N-ethyl adjacent to an activating group) is 2. The van der Waals surface area contributed by atoms with Crippen molar-refractivity contribution in [3.05, 3.63) is 29.3 Å². The molecule has 0 bridgehead atoms. The van der Waals surface area contributed by atoms with Gasteiger partial charge in [0.2, 0.25) is 0 Å². The fourth-order valence-electron chi connectivity index (χ4n) is 4.10. The molecule has 2 fully saturated rings. The summed E-state index contributed by atoms with van der Waals surface area (Å²) in [6.07, 6.45) is -2.19. The lowest BCUT2D eigenvalue weighted by Gasteiger charge is -2.47. The van der Waals surface area contributed by atoms with Crippen LogP contribution in [-0.2, 0) is 11.8 Å². The first-order valence-corrected chi connectivity index (χ1v) is 14.0. The van der Waals surface area contributed by atoms with Crippen LogP contribution in [0.1, 0.15) is 13.8 Å². The third-order valence-electron chi connectivity index (χ3n) is 6.14. The SMILES string of the molecule is CCN1CCN(C(=Nc2ccc(Cl)cc2)P(=S)(N(C)C)N2CCN(CC)CC2)CC1. The van der Waals surface area contributed by atoms with Crippen molar-refractivity contribution in [2.75, 3.05) is 79.5 Å². The van der Waals surface area contributed by atoms with Crippen LogP contribution < -0.4 is 0 Å². The zero-order chi connectivity index (χ0) is 21.7. The molecule has 0 aliphatic carbocycles. The monoisotopic (exact) mass is 470 g/mol. The van der Waals surface area contributed by atoms with Crippen molar-refractivity contribution in [3.63, 3.8) is 0 Å². The van der Waals surface area contributed by atoms with E-state index < -0.39 is 6.34 Å².